The summed E-state index contributed by atoms with van der Waals surface area (Å²) in [5, 5.41) is 11.1. The number of carbonyl (C=O) groups excluding carboxylic acids is 4. The molecule has 1 aromatic carbocycles. The number of fused-ring (bicyclic) bond motifs is 1. The van der Waals surface area contributed by atoms with Gasteiger partial charge in [-0.25, -0.2) is 0 Å². The van der Waals surface area contributed by atoms with Crippen molar-refractivity contribution < 1.29 is 33.4 Å². The number of anilines is 1. The van der Waals surface area contributed by atoms with Crippen LogP contribution in [0.5, 0.6) is 0 Å². The molecule has 2 unspecified atom stereocenters. The first-order chi connectivity index (χ1) is 19.9. The molecular weight excluding hydrogens is 625 g/mol. The van der Waals surface area contributed by atoms with Crippen molar-refractivity contribution in [3.05, 3.63) is 40.5 Å². The van der Waals surface area contributed by atoms with E-state index in [1.807, 2.05) is 22.9 Å². The summed E-state index contributed by atoms with van der Waals surface area (Å²) in [5.41, 5.74) is 1.50. The average molecular weight is 662 g/mol. The minimum absolute atomic E-state index is 0.0796. The number of esters is 1. The van der Waals surface area contributed by atoms with Crippen molar-refractivity contribution in [2.24, 2.45) is 0 Å². The van der Waals surface area contributed by atoms with Gasteiger partial charge in [0.05, 0.1) is 0 Å². The van der Waals surface area contributed by atoms with Crippen LogP contribution in [0.4, 0.5) is 9.93 Å². The van der Waals surface area contributed by atoms with Crippen LogP contribution in [0.25, 0.3) is 10.9 Å². The van der Waals surface area contributed by atoms with Crippen LogP contribution in [0, 0.1) is 6.92 Å². The Morgan fingerprint density at radius 2 is 2.02 bits per heavy atom. The third-order valence-electron chi connectivity index (χ3n) is 6.40. The topological polar surface area (TPSA) is 151 Å². The number of alkyl carbamates (subject to hydrolysis) is 1. The molecule has 3 atom stereocenters. The molecule has 14 heteroatoms. The Bertz CT molecular complexity index is 1460. The van der Waals surface area contributed by atoms with Gasteiger partial charge in [0.2, 0.25) is 0 Å². The van der Waals surface area contributed by atoms with Gasteiger partial charge in [-0.05, 0) is 19.3 Å². The number of amides is 2. The Hall–Kier alpha value is -3.28. The van der Waals surface area contributed by atoms with Crippen LogP contribution < -0.4 is 10.6 Å². The van der Waals surface area contributed by atoms with Gasteiger partial charge in [-0.15, -0.1) is 0 Å². The van der Waals surface area contributed by atoms with Gasteiger partial charge in [0.25, 0.3) is 0 Å². The first kappa shape index (κ1) is 31.6. The van der Waals surface area contributed by atoms with Gasteiger partial charge in [-0.2, -0.15) is 0 Å². The zero-order valence-corrected chi connectivity index (χ0v) is 27.2. The number of hydrogen-bond donors (Lipinski definition) is 2. The summed E-state index contributed by atoms with van der Waals surface area (Å²) in [6.45, 7) is 7.50. The molecule has 1 aliphatic heterocycles. The van der Waals surface area contributed by atoms with Crippen molar-refractivity contribution in [3.63, 3.8) is 0 Å². The van der Waals surface area contributed by atoms with Crippen LogP contribution in [-0.2, 0) is 30.2 Å². The molecule has 42 heavy (non-hydrogen) atoms. The molecule has 4 rings (SSSR count). The first-order valence-electron chi connectivity index (χ1n) is 13.6. The zero-order valence-electron chi connectivity index (χ0n) is 24.3. The molecule has 2 aromatic heterocycles. The van der Waals surface area contributed by atoms with E-state index in [4.69, 9.17) is 14.2 Å². The molecule has 2 N–H and O–H groups in total. The summed E-state index contributed by atoms with van der Waals surface area (Å²) >= 11 is -0.528. The minimum atomic E-state index is -1.60. The number of aryl methyl sites for hydroxylation is 1. The molecular formula is C28H36AsN5O7S. The second-order valence-electron chi connectivity index (χ2n) is 10.9. The van der Waals surface area contributed by atoms with E-state index in [0.29, 0.717) is 22.3 Å². The first-order valence-corrected chi connectivity index (χ1v) is 16.7. The maximum absolute atomic E-state index is 13.2. The normalized spacial score (nSPS) is 16.4. The Balaban J connectivity index is 1.39. The monoisotopic (exact) mass is 661 g/mol. The second-order valence-corrected chi connectivity index (χ2v) is 14.9. The van der Waals surface area contributed by atoms with Crippen LogP contribution in [0.2, 0.25) is 4.71 Å². The number of thiazole rings is 1. The molecule has 1 aliphatic rings. The summed E-state index contributed by atoms with van der Waals surface area (Å²) < 4.78 is 16.8. The van der Waals surface area contributed by atoms with E-state index in [-0.39, 0.29) is 29.7 Å². The van der Waals surface area contributed by atoms with Gasteiger partial charge >= 0.3 is 225 Å². The van der Waals surface area contributed by atoms with E-state index in [1.165, 1.54) is 7.11 Å². The summed E-state index contributed by atoms with van der Waals surface area (Å²) in [5.74, 6) is -0.857. The van der Waals surface area contributed by atoms with Crippen molar-refractivity contribution in [1.82, 2.24) is 20.1 Å². The SMILES string of the molecule is COC(=O)[C@H](CNC(=O)OC(C)(C)C)[AsH]C(=O)c1sc(NC(=O)Cc2cccc3c2cnn3C2CCCCO2)nc1C. The van der Waals surface area contributed by atoms with Crippen molar-refractivity contribution in [2.45, 2.75) is 69.9 Å². The van der Waals surface area contributed by atoms with E-state index in [1.54, 1.807) is 33.9 Å². The number of hydrogen-bond acceptors (Lipinski definition) is 10. The number of methoxy groups -OCH3 is 1. The van der Waals surface area contributed by atoms with E-state index < -0.39 is 38.1 Å². The Morgan fingerprint density at radius 1 is 1.24 bits per heavy atom. The van der Waals surface area contributed by atoms with Crippen LogP contribution in [0.3, 0.4) is 0 Å². The van der Waals surface area contributed by atoms with Gasteiger partial charge in [-0.1, -0.05) is 0 Å². The molecule has 1 saturated heterocycles. The third-order valence-corrected chi connectivity index (χ3v) is 10.6. The predicted molar refractivity (Wildman–Crippen MR) is 159 cm³/mol. The van der Waals surface area contributed by atoms with Crippen LogP contribution in [0.15, 0.2) is 24.4 Å². The summed E-state index contributed by atoms with van der Waals surface area (Å²) in [6.07, 6.45) is 4.11. The number of ether oxygens (including phenoxy) is 3. The van der Waals surface area contributed by atoms with E-state index >= 15 is 0 Å². The fraction of sp³-hybridized carbons (Fsp3) is 0.500. The molecule has 2 amide bonds. The molecule has 0 bridgehead atoms. The molecule has 0 radical (unpaired) electrons. The summed E-state index contributed by atoms with van der Waals surface area (Å²) in [7, 11) is 1.24. The number of benzene rings is 1. The number of nitrogens with one attached hydrogen (secondary N) is 2. The molecule has 12 nitrogen and oxygen atoms in total. The Morgan fingerprint density at radius 3 is 2.71 bits per heavy atom. The van der Waals surface area contributed by atoms with E-state index in [2.05, 4.69) is 20.7 Å². The Kier molecular flexibility index (Phi) is 10.4. The zero-order chi connectivity index (χ0) is 30.4. The van der Waals surface area contributed by atoms with Gasteiger partial charge in [0.1, 0.15) is 0 Å². The van der Waals surface area contributed by atoms with Gasteiger partial charge in [-0.3, -0.25) is 0 Å². The average Bonchev–Trinajstić information content (AvgIpc) is 3.53. The standard InChI is InChI=1S/C28H36AsN5O7S/c1-16-23(24(36)29-19(25(37)39-5)15-30-27(38)41-28(2,3)4)42-26(32-16)33-21(35)13-17-9-8-10-20-18(17)14-31-34(20)22-11-6-7-12-40-22/h8-10,14,19,22,29H,6-7,11-13,15H2,1-5H3,(H,30,38)(H,32,33,35)/t19-,22?/m0/s1. The fourth-order valence-electron chi connectivity index (χ4n) is 4.49. The molecule has 0 saturated carbocycles. The van der Waals surface area contributed by atoms with Crippen molar-refractivity contribution in [1.29, 1.82) is 0 Å². The summed E-state index contributed by atoms with van der Waals surface area (Å²) in [6, 6.07) is 5.76. The number of carbonyl (C=O) groups is 4. The predicted octanol–water partition coefficient (Wildman–Crippen LogP) is 3.74. The van der Waals surface area contributed by atoms with Crippen LogP contribution in [-0.4, -0.2) is 78.9 Å². The van der Waals surface area contributed by atoms with Gasteiger partial charge < -0.3 is 4.74 Å². The second kappa shape index (κ2) is 13.8. The number of nitrogens with zero attached hydrogens (tertiary/aromatic N) is 3. The Labute approximate surface area is 254 Å². The van der Waals surface area contributed by atoms with E-state index in [9.17, 15) is 19.2 Å². The quantitative estimate of drug-likeness (QED) is 0.245. The van der Waals surface area contributed by atoms with E-state index in [0.717, 1.165) is 47.1 Å². The molecule has 0 aliphatic carbocycles. The summed E-state index contributed by atoms with van der Waals surface area (Å²) in [4.78, 5) is 55.3. The molecule has 1 fully saturated rings. The molecule has 0 spiro atoms. The van der Waals surface area contributed by atoms with Gasteiger partial charge in [0.15, 0.2) is 0 Å². The molecule has 3 heterocycles. The fourth-order valence-corrected chi connectivity index (χ4v) is 8.18. The van der Waals surface area contributed by atoms with Gasteiger partial charge in [0, 0.05) is 6.61 Å². The molecule has 226 valence electrons. The third kappa shape index (κ3) is 8.17. The maximum atomic E-state index is 13.2. The molecule has 3 aromatic rings. The number of rotatable bonds is 10. The van der Waals surface area contributed by atoms with Crippen LogP contribution >= 0.6 is 11.3 Å². The van der Waals surface area contributed by atoms with Crippen LogP contribution in [0.1, 0.15) is 67.2 Å². The van der Waals surface area contributed by atoms with Crippen molar-refractivity contribution in [3.8, 4) is 0 Å². The number of aromatic nitrogens is 3. The van der Waals surface area contributed by atoms with Crippen molar-refractivity contribution >= 4 is 65.7 Å². The van der Waals surface area contributed by atoms with Crippen molar-refractivity contribution in [2.75, 3.05) is 25.6 Å².